The minimum Gasteiger partial charge on any atom is -0.392 e. The molecule has 0 aromatic rings. The molecule has 2 rings (SSSR count). The van der Waals surface area contributed by atoms with Gasteiger partial charge in [0.15, 0.2) is 0 Å². The summed E-state index contributed by atoms with van der Waals surface area (Å²) >= 11 is 0. The minimum absolute atomic E-state index is 0.0310. The molecule has 2 fully saturated rings. The van der Waals surface area contributed by atoms with Crippen molar-refractivity contribution in [2.45, 2.75) is 50.4 Å². The summed E-state index contributed by atoms with van der Waals surface area (Å²) < 4.78 is 5.65. The van der Waals surface area contributed by atoms with E-state index in [4.69, 9.17) is 4.74 Å². The summed E-state index contributed by atoms with van der Waals surface area (Å²) in [6.07, 6.45) is 5.37. The molecule has 98 valence electrons. The zero-order valence-corrected chi connectivity index (χ0v) is 10.2. The number of aliphatic hydroxyl groups excluding tert-OH is 1. The molecule has 0 spiro atoms. The van der Waals surface area contributed by atoms with Gasteiger partial charge >= 0.3 is 0 Å². The number of β-amino-alcohol motifs (C(OH)–C–C–N with tert-alkyl or cyclic N) is 1. The Morgan fingerprint density at radius 2 is 2.18 bits per heavy atom. The Morgan fingerprint density at radius 3 is 2.82 bits per heavy atom. The van der Waals surface area contributed by atoms with Gasteiger partial charge in [-0.3, -0.25) is 4.79 Å². The van der Waals surface area contributed by atoms with E-state index in [1.807, 2.05) is 0 Å². The predicted octanol–water partition coefficient (Wildman–Crippen LogP) is -0.215. The van der Waals surface area contributed by atoms with Gasteiger partial charge in [0.05, 0.1) is 24.9 Å². The maximum Gasteiger partial charge on any atom is 0.237 e. The third-order valence-corrected chi connectivity index (χ3v) is 3.48. The summed E-state index contributed by atoms with van der Waals surface area (Å²) in [7, 11) is 0. The minimum atomic E-state index is -0.388. The van der Waals surface area contributed by atoms with Gasteiger partial charge in [0.1, 0.15) is 0 Å². The number of carbonyl (C=O) groups is 1. The Labute approximate surface area is 102 Å². The van der Waals surface area contributed by atoms with E-state index in [1.54, 1.807) is 0 Å². The molecule has 2 aliphatic rings. The van der Waals surface area contributed by atoms with Crippen LogP contribution in [0.15, 0.2) is 0 Å². The molecule has 0 aromatic carbocycles. The number of amides is 1. The quantitative estimate of drug-likeness (QED) is 0.583. The van der Waals surface area contributed by atoms with Crippen molar-refractivity contribution in [3.63, 3.8) is 0 Å². The highest BCUT2D eigenvalue weighted by Crippen LogP contribution is 2.20. The van der Waals surface area contributed by atoms with Gasteiger partial charge in [-0.05, 0) is 19.3 Å². The van der Waals surface area contributed by atoms with Crippen LogP contribution in [0.25, 0.3) is 0 Å². The molecular weight excluding hydrogens is 220 g/mol. The Balaban J connectivity index is 1.53. The number of carbonyl (C=O) groups excluding carboxylic acids is 1. The SMILES string of the molecule is O=C(NCCOC1CCCC1)[C@@H]1C[C@H](O)CN1. The van der Waals surface area contributed by atoms with Crippen molar-refractivity contribution < 1.29 is 14.6 Å². The standard InChI is InChI=1S/C12H22N2O3/c15-9-7-11(14-8-9)12(16)13-5-6-17-10-3-1-2-4-10/h9-11,14-15H,1-8H2,(H,13,16)/t9-,11-/m0/s1. The van der Waals surface area contributed by atoms with Gasteiger partial charge in [0.2, 0.25) is 5.91 Å². The fourth-order valence-electron chi connectivity index (χ4n) is 2.49. The molecule has 1 amide bonds. The molecule has 1 heterocycles. The van der Waals surface area contributed by atoms with Crippen LogP contribution in [0.2, 0.25) is 0 Å². The third kappa shape index (κ3) is 3.94. The molecule has 2 atom stereocenters. The first-order valence-electron chi connectivity index (χ1n) is 6.56. The lowest BCUT2D eigenvalue weighted by Gasteiger charge is -2.13. The van der Waals surface area contributed by atoms with E-state index in [0.29, 0.717) is 32.2 Å². The van der Waals surface area contributed by atoms with E-state index in [-0.39, 0.29) is 18.1 Å². The molecular formula is C12H22N2O3. The first-order valence-corrected chi connectivity index (χ1v) is 6.56. The van der Waals surface area contributed by atoms with E-state index < -0.39 is 0 Å². The molecule has 1 saturated heterocycles. The van der Waals surface area contributed by atoms with Crippen LogP contribution in [0.5, 0.6) is 0 Å². The Hall–Kier alpha value is -0.650. The average Bonchev–Trinajstić information content (AvgIpc) is 2.95. The predicted molar refractivity (Wildman–Crippen MR) is 63.6 cm³/mol. The van der Waals surface area contributed by atoms with Crippen molar-refractivity contribution >= 4 is 5.91 Å². The van der Waals surface area contributed by atoms with Crippen molar-refractivity contribution in [2.75, 3.05) is 19.7 Å². The Morgan fingerprint density at radius 1 is 1.41 bits per heavy atom. The molecule has 1 saturated carbocycles. The zero-order valence-electron chi connectivity index (χ0n) is 10.2. The number of aliphatic hydroxyl groups is 1. The van der Waals surface area contributed by atoms with Crippen molar-refractivity contribution in [3.8, 4) is 0 Å². The lowest BCUT2D eigenvalue weighted by atomic mass is 10.2. The summed E-state index contributed by atoms with van der Waals surface area (Å²) in [5, 5.41) is 15.1. The summed E-state index contributed by atoms with van der Waals surface area (Å²) in [6.45, 7) is 1.66. The van der Waals surface area contributed by atoms with E-state index in [9.17, 15) is 9.90 Å². The molecule has 0 aromatic heterocycles. The molecule has 0 unspecified atom stereocenters. The molecule has 3 N–H and O–H groups in total. The van der Waals surface area contributed by atoms with E-state index >= 15 is 0 Å². The maximum atomic E-state index is 11.6. The highest BCUT2D eigenvalue weighted by Gasteiger charge is 2.27. The topological polar surface area (TPSA) is 70.6 Å². The second kappa shape index (κ2) is 6.33. The van der Waals surface area contributed by atoms with Crippen LogP contribution in [0.1, 0.15) is 32.1 Å². The molecule has 1 aliphatic heterocycles. The van der Waals surface area contributed by atoms with Crippen molar-refractivity contribution in [1.82, 2.24) is 10.6 Å². The number of ether oxygens (including phenoxy) is 1. The number of hydrogen-bond donors (Lipinski definition) is 3. The second-order valence-corrected chi connectivity index (χ2v) is 4.92. The van der Waals surface area contributed by atoms with E-state index in [2.05, 4.69) is 10.6 Å². The van der Waals surface area contributed by atoms with Crippen LogP contribution in [0, 0.1) is 0 Å². The molecule has 0 radical (unpaired) electrons. The summed E-state index contributed by atoms with van der Waals surface area (Å²) in [5.41, 5.74) is 0. The maximum absolute atomic E-state index is 11.6. The van der Waals surface area contributed by atoms with E-state index in [1.165, 1.54) is 12.8 Å². The van der Waals surface area contributed by atoms with Crippen LogP contribution >= 0.6 is 0 Å². The van der Waals surface area contributed by atoms with Crippen LogP contribution in [0.3, 0.4) is 0 Å². The average molecular weight is 242 g/mol. The smallest absolute Gasteiger partial charge is 0.237 e. The first-order chi connectivity index (χ1) is 8.25. The van der Waals surface area contributed by atoms with Crippen LogP contribution in [-0.4, -0.2) is 49.0 Å². The van der Waals surface area contributed by atoms with Crippen LogP contribution in [0.4, 0.5) is 0 Å². The normalized spacial score (nSPS) is 29.7. The fourth-order valence-corrected chi connectivity index (χ4v) is 2.49. The summed E-state index contributed by atoms with van der Waals surface area (Å²) in [6, 6.07) is -0.239. The highest BCUT2D eigenvalue weighted by molar-refractivity contribution is 5.82. The van der Waals surface area contributed by atoms with Gasteiger partial charge in [-0.15, -0.1) is 0 Å². The van der Waals surface area contributed by atoms with Crippen LogP contribution in [-0.2, 0) is 9.53 Å². The molecule has 5 nitrogen and oxygen atoms in total. The lowest BCUT2D eigenvalue weighted by Crippen LogP contribution is -2.41. The van der Waals surface area contributed by atoms with Crippen molar-refractivity contribution in [1.29, 1.82) is 0 Å². The Bertz CT molecular complexity index is 254. The number of rotatable bonds is 5. The Kier molecular flexibility index (Phi) is 4.76. The van der Waals surface area contributed by atoms with Crippen LogP contribution < -0.4 is 10.6 Å². The van der Waals surface area contributed by atoms with Gasteiger partial charge in [-0.25, -0.2) is 0 Å². The van der Waals surface area contributed by atoms with E-state index in [0.717, 1.165) is 12.8 Å². The number of hydrogen-bond acceptors (Lipinski definition) is 4. The highest BCUT2D eigenvalue weighted by atomic mass is 16.5. The van der Waals surface area contributed by atoms with Crippen molar-refractivity contribution in [3.05, 3.63) is 0 Å². The van der Waals surface area contributed by atoms with Crippen molar-refractivity contribution in [2.24, 2.45) is 0 Å². The summed E-state index contributed by atoms with van der Waals surface area (Å²) in [5.74, 6) is -0.0310. The monoisotopic (exact) mass is 242 g/mol. The summed E-state index contributed by atoms with van der Waals surface area (Å²) in [4.78, 5) is 11.6. The largest absolute Gasteiger partial charge is 0.392 e. The first kappa shape index (κ1) is 12.8. The van der Waals surface area contributed by atoms with Gasteiger partial charge in [-0.2, -0.15) is 0 Å². The van der Waals surface area contributed by atoms with Gasteiger partial charge in [0, 0.05) is 13.1 Å². The zero-order chi connectivity index (χ0) is 12.1. The van der Waals surface area contributed by atoms with Gasteiger partial charge < -0.3 is 20.5 Å². The van der Waals surface area contributed by atoms with Gasteiger partial charge in [-0.1, -0.05) is 12.8 Å². The molecule has 0 bridgehead atoms. The number of nitrogens with one attached hydrogen (secondary N) is 2. The molecule has 17 heavy (non-hydrogen) atoms. The molecule has 1 aliphatic carbocycles. The third-order valence-electron chi connectivity index (χ3n) is 3.48. The molecule has 5 heteroatoms. The fraction of sp³-hybridized carbons (Fsp3) is 0.917. The van der Waals surface area contributed by atoms with Gasteiger partial charge in [0.25, 0.3) is 0 Å². The lowest BCUT2D eigenvalue weighted by molar-refractivity contribution is -0.123. The second-order valence-electron chi connectivity index (χ2n) is 4.92.